The fourth-order valence-corrected chi connectivity index (χ4v) is 3.92. The van der Waals surface area contributed by atoms with Gasteiger partial charge >= 0.3 is 0 Å². The fraction of sp³-hybridized carbons (Fsp3) is 0.150. The van der Waals surface area contributed by atoms with E-state index in [1.807, 2.05) is 0 Å². The summed E-state index contributed by atoms with van der Waals surface area (Å²) in [5.74, 6) is -1.35. The number of benzene rings is 2. The van der Waals surface area contributed by atoms with Crippen molar-refractivity contribution in [2.24, 2.45) is 0 Å². The standard InChI is InChI=1S/C20H14Cl2N4O4/c1-10-18(11(2)24(23-10)9-12-6-7-14(21)15(22)8-12)25-19(27)13-4-3-5-16(26(29)30)17(13)20(25)28/h3-8H,9H2,1-2H3. The van der Waals surface area contributed by atoms with E-state index in [1.165, 1.54) is 18.2 Å². The predicted octanol–water partition coefficient (Wildman–Crippen LogP) is 4.56. The average Bonchev–Trinajstić information content (AvgIpc) is 3.11. The number of carbonyl (C=O) groups excluding carboxylic acids is 2. The number of imide groups is 1. The zero-order valence-corrected chi connectivity index (χ0v) is 17.4. The van der Waals surface area contributed by atoms with Gasteiger partial charge in [0, 0.05) is 6.07 Å². The van der Waals surface area contributed by atoms with Crippen molar-refractivity contribution in [2.45, 2.75) is 20.4 Å². The number of hydrogen-bond donors (Lipinski definition) is 0. The molecule has 2 aromatic carbocycles. The number of halogens is 2. The summed E-state index contributed by atoms with van der Waals surface area (Å²) in [6.07, 6.45) is 0. The third-order valence-electron chi connectivity index (χ3n) is 4.97. The molecular weight excluding hydrogens is 431 g/mol. The monoisotopic (exact) mass is 444 g/mol. The first-order valence-corrected chi connectivity index (χ1v) is 9.60. The molecule has 0 radical (unpaired) electrons. The Labute approximate surface area is 180 Å². The van der Waals surface area contributed by atoms with Crippen LogP contribution in [0.4, 0.5) is 11.4 Å². The van der Waals surface area contributed by atoms with Crippen molar-refractivity contribution in [1.82, 2.24) is 9.78 Å². The van der Waals surface area contributed by atoms with Crippen molar-refractivity contribution in [3.63, 3.8) is 0 Å². The third-order valence-corrected chi connectivity index (χ3v) is 5.71. The number of anilines is 1. The number of rotatable bonds is 4. The summed E-state index contributed by atoms with van der Waals surface area (Å²) in [5, 5.41) is 16.6. The third kappa shape index (κ3) is 3.05. The minimum atomic E-state index is -0.734. The van der Waals surface area contributed by atoms with Gasteiger partial charge in [-0.25, -0.2) is 4.90 Å². The van der Waals surface area contributed by atoms with Gasteiger partial charge in [0.25, 0.3) is 17.5 Å². The first-order chi connectivity index (χ1) is 14.2. The van der Waals surface area contributed by atoms with E-state index in [0.717, 1.165) is 10.5 Å². The van der Waals surface area contributed by atoms with Crippen molar-refractivity contribution in [1.29, 1.82) is 0 Å². The molecule has 0 aliphatic carbocycles. The number of nitrogens with zero attached hydrogens (tertiary/aromatic N) is 4. The van der Waals surface area contributed by atoms with E-state index < -0.39 is 22.4 Å². The molecule has 30 heavy (non-hydrogen) atoms. The lowest BCUT2D eigenvalue weighted by molar-refractivity contribution is -0.385. The maximum atomic E-state index is 13.0. The average molecular weight is 445 g/mol. The summed E-state index contributed by atoms with van der Waals surface area (Å²) in [7, 11) is 0. The fourth-order valence-electron chi connectivity index (χ4n) is 3.60. The number of aryl methyl sites for hydroxylation is 1. The molecule has 2 amide bonds. The minimum absolute atomic E-state index is 0.00485. The second-order valence-corrected chi connectivity index (χ2v) is 7.64. The molecule has 0 unspecified atom stereocenters. The van der Waals surface area contributed by atoms with E-state index in [0.29, 0.717) is 33.7 Å². The molecule has 4 rings (SSSR count). The second-order valence-electron chi connectivity index (χ2n) is 6.83. The largest absolute Gasteiger partial charge is 0.283 e. The smallest absolute Gasteiger partial charge is 0.268 e. The molecule has 0 bridgehead atoms. The van der Waals surface area contributed by atoms with Gasteiger partial charge in [-0.2, -0.15) is 5.10 Å². The molecule has 0 saturated carbocycles. The highest BCUT2D eigenvalue weighted by molar-refractivity contribution is 6.42. The van der Waals surface area contributed by atoms with Crippen molar-refractivity contribution >= 4 is 46.4 Å². The molecule has 1 aromatic heterocycles. The van der Waals surface area contributed by atoms with Gasteiger partial charge in [0.1, 0.15) is 5.56 Å². The molecular formula is C20H14Cl2N4O4. The summed E-state index contributed by atoms with van der Waals surface area (Å²) in [4.78, 5) is 37.6. The van der Waals surface area contributed by atoms with Crippen LogP contribution in [0.3, 0.4) is 0 Å². The first kappa shape index (κ1) is 20.1. The Bertz CT molecular complexity index is 1250. The van der Waals surface area contributed by atoms with E-state index in [1.54, 1.807) is 36.7 Å². The lowest BCUT2D eigenvalue weighted by atomic mass is 10.1. The van der Waals surface area contributed by atoms with Gasteiger partial charge in [-0.1, -0.05) is 35.3 Å². The normalized spacial score (nSPS) is 13.1. The molecule has 3 aromatic rings. The van der Waals surface area contributed by atoms with E-state index in [-0.39, 0.29) is 11.1 Å². The van der Waals surface area contributed by atoms with Crippen molar-refractivity contribution in [2.75, 3.05) is 4.90 Å². The number of amides is 2. The summed E-state index contributed by atoms with van der Waals surface area (Å²) >= 11 is 12.0. The summed E-state index contributed by atoms with van der Waals surface area (Å²) in [6, 6.07) is 9.20. The van der Waals surface area contributed by atoms with E-state index in [4.69, 9.17) is 23.2 Å². The van der Waals surface area contributed by atoms with Gasteiger partial charge in [0.2, 0.25) is 0 Å². The SMILES string of the molecule is Cc1nn(Cc2ccc(Cl)c(Cl)c2)c(C)c1N1C(=O)c2cccc([N+](=O)[O-])c2C1=O. The van der Waals surface area contributed by atoms with Crippen LogP contribution in [0.5, 0.6) is 0 Å². The number of nitro benzene ring substituents is 1. The van der Waals surface area contributed by atoms with Crippen LogP contribution in [0.25, 0.3) is 0 Å². The van der Waals surface area contributed by atoms with Crippen LogP contribution in [0.2, 0.25) is 10.0 Å². The highest BCUT2D eigenvalue weighted by atomic mass is 35.5. The van der Waals surface area contributed by atoms with Gasteiger partial charge in [-0.3, -0.25) is 24.4 Å². The van der Waals surface area contributed by atoms with E-state index in [2.05, 4.69) is 5.10 Å². The molecule has 2 heterocycles. The van der Waals surface area contributed by atoms with E-state index >= 15 is 0 Å². The Kier molecular flexibility index (Phi) is 4.83. The Balaban J connectivity index is 1.76. The summed E-state index contributed by atoms with van der Waals surface area (Å²) < 4.78 is 1.64. The van der Waals surface area contributed by atoms with Crippen LogP contribution < -0.4 is 4.90 Å². The number of hydrogen-bond acceptors (Lipinski definition) is 5. The van der Waals surface area contributed by atoms with Crippen molar-refractivity contribution in [3.05, 3.63) is 84.6 Å². The minimum Gasteiger partial charge on any atom is -0.268 e. The number of aromatic nitrogens is 2. The highest BCUT2D eigenvalue weighted by Gasteiger charge is 2.43. The molecule has 0 N–H and O–H groups in total. The first-order valence-electron chi connectivity index (χ1n) is 8.84. The highest BCUT2D eigenvalue weighted by Crippen LogP contribution is 2.36. The Morgan fingerprint density at radius 1 is 1.07 bits per heavy atom. The summed E-state index contributed by atoms with van der Waals surface area (Å²) in [5.41, 5.74) is 1.57. The van der Waals surface area contributed by atoms with E-state index in [9.17, 15) is 19.7 Å². The Morgan fingerprint density at radius 2 is 1.80 bits per heavy atom. The van der Waals surface area contributed by atoms with Gasteiger partial charge in [0.05, 0.1) is 44.2 Å². The lowest BCUT2D eigenvalue weighted by Crippen LogP contribution is -2.30. The quantitative estimate of drug-likeness (QED) is 0.333. The molecule has 1 aliphatic rings. The van der Waals surface area contributed by atoms with Crippen molar-refractivity contribution in [3.8, 4) is 0 Å². The Morgan fingerprint density at radius 3 is 2.47 bits per heavy atom. The van der Waals surface area contributed by atoms with Crippen LogP contribution in [0.1, 0.15) is 37.7 Å². The van der Waals surface area contributed by atoms with Gasteiger partial charge in [-0.05, 0) is 37.6 Å². The zero-order chi connectivity index (χ0) is 21.7. The van der Waals surface area contributed by atoms with Crippen LogP contribution in [-0.4, -0.2) is 26.5 Å². The van der Waals surface area contributed by atoms with Gasteiger partial charge in [0.15, 0.2) is 0 Å². The molecule has 0 fully saturated rings. The van der Waals surface area contributed by atoms with Crippen LogP contribution in [-0.2, 0) is 6.54 Å². The topological polar surface area (TPSA) is 98.3 Å². The van der Waals surface area contributed by atoms with Gasteiger partial charge in [-0.15, -0.1) is 0 Å². The second kappa shape index (κ2) is 7.23. The molecule has 8 nitrogen and oxygen atoms in total. The zero-order valence-electron chi connectivity index (χ0n) is 15.8. The number of carbonyl (C=O) groups is 2. The maximum absolute atomic E-state index is 13.0. The molecule has 1 aliphatic heterocycles. The van der Waals surface area contributed by atoms with Gasteiger partial charge < -0.3 is 0 Å². The lowest BCUT2D eigenvalue weighted by Gasteiger charge is -2.14. The number of nitro groups is 1. The molecule has 0 atom stereocenters. The van der Waals surface area contributed by atoms with Crippen LogP contribution in [0.15, 0.2) is 36.4 Å². The molecule has 0 saturated heterocycles. The Hall–Kier alpha value is -3.23. The molecule has 0 spiro atoms. The maximum Gasteiger partial charge on any atom is 0.283 e. The van der Waals surface area contributed by atoms with Crippen LogP contribution in [0, 0.1) is 24.0 Å². The predicted molar refractivity (Wildman–Crippen MR) is 112 cm³/mol. The van der Waals surface area contributed by atoms with Crippen molar-refractivity contribution < 1.29 is 14.5 Å². The molecule has 152 valence electrons. The number of fused-ring (bicyclic) bond motifs is 1. The van der Waals surface area contributed by atoms with Crippen LogP contribution >= 0.6 is 23.2 Å². The summed E-state index contributed by atoms with van der Waals surface area (Å²) in [6.45, 7) is 3.74. The molecule has 10 heteroatoms.